The highest BCUT2D eigenvalue weighted by Crippen LogP contribution is 2.51. The molecule has 0 aromatic carbocycles. The van der Waals surface area contributed by atoms with E-state index in [1.807, 2.05) is 0 Å². The standard InChI is InChI=1S/C12H22N2O/c1-9(2)12(6-7-12)8-13-11(15)14-10-4-3-5-10/h9-10H,3-8H2,1-2H3,(H2,13,14,15). The lowest BCUT2D eigenvalue weighted by Gasteiger charge is -2.27. The molecule has 2 aliphatic carbocycles. The number of urea groups is 1. The van der Waals surface area contributed by atoms with Gasteiger partial charge in [-0.05, 0) is 43.4 Å². The summed E-state index contributed by atoms with van der Waals surface area (Å²) in [6, 6.07) is 0.478. The van der Waals surface area contributed by atoms with Gasteiger partial charge >= 0.3 is 6.03 Å². The first-order valence-electron chi connectivity index (χ1n) is 6.17. The SMILES string of the molecule is CC(C)C1(CNC(=O)NC2CCC2)CC1. The summed E-state index contributed by atoms with van der Waals surface area (Å²) in [6.07, 6.45) is 6.12. The summed E-state index contributed by atoms with van der Waals surface area (Å²) in [7, 11) is 0. The van der Waals surface area contributed by atoms with Crippen LogP contribution in [0.5, 0.6) is 0 Å². The zero-order valence-corrected chi connectivity index (χ0v) is 9.81. The molecule has 0 heterocycles. The van der Waals surface area contributed by atoms with Crippen LogP contribution in [0, 0.1) is 11.3 Å². The Balaban J connectivity index is 1.66. The van der Waals surface area contributed by atoms with E-state index in [9.17, 15) is 4.79 Å². The van der Waals surface area contributed by atoms with Crippen molar-refractivity contribution in [3.05, 3.63) is 0 Å². The van der Waals surface area contributed by atoms with Crippen LogP contribution < -0.4 is 10.6 Å². The number of rotatable bonds is 4. The van der Waals surface area contributed by atoms with Gasteiger partial charge in [0.1, 0.15) is 0 Å². The van der Waals surface area contributed by atoms with Crippen molar-refractivity contribution < 1.29 is 4.79 Å². The average Bonchev–Trinajstić information content (AvgIpc) is 2.89. The van der Waals surface area contributed by atoms with E-state index in [1.165, 1.54) is 19.3 Å². The molecule has 0 saturated heterocycles. The van der Waals surface area contributed by atoms with Gasteiger partial charge in [-0.1, -0.05) is 13.8 Å². The maximum absolute atomic E-state index is 11.5. The van der Waals surface area contributed by atoms with Gasteiger partial charge in [0, 0.05) is 12.6 Å². The third-order valence-electron chi connectivity index (χ3n) is 4.16. The van der Waals surface area contributed by atoms with E-state index >= 15 is 0 Å². The fourth-order valence-corrected chi connectivity index (χ4v) is 2.16. The maximum atomic E-state index is 11.5. The molecule has 2 rings (SSSR count). The van der Waals surface area contributed by atoms with Gasteiger partial charge in [0.15, 0.2) is 0 Å². The van der Waals surface area contributed by atoms with Crippen LogP contribution in [-0.2, 0) is 0 Å². The minimum atomic E-state index is 0.0339. The van der Waals surface area contributed by atoms with Crippen molar-refractivity contribution in [1.82, 2.24) is 10.6 Å². The summed E-state index contributed by atoms with van der Waals surface area (Å²) in [4.78, 5) is 11.5. The van der Waals surface area contributed by atoms with Crippen molar-refractivity contribution in [2.45, 2.75) is 52.0 Å². The molecular formula is C12H22N2O. The molecule has 0 unspecified atom stereocenters. The maximum Gasteiger partial charge on any atom is 0.315 e. The highest BCUT2D eigenvalue weighted by atomic mass is 16.2. The normalized spacial score (nSPS) is 23.4. The summed E-state index contributed by atoms with van der Waals surface area (Å²) in [5.41, 5.74) is 0.414. The van der Waals surface area contributed by atoms with Crippen molar-refractivity contribution in [2.75, 3.05) is 6.54 Å². The Hall–Kier alpha value is -0.730. The third-order valence-corrected chi connectivity index (χ3v) is 4.16. The number of hydrogen-bond acceptors (Lipinski definition) is 1. The second-order valence-corrected chi connectivity index (χ2v) is 5.47. The van der Waals surface area contributed by atoms with Gasteiger partial charge in [0.05, 0.1) is 0 Å². The van der Waals surface area contributed by atoms with Crippen LogP contribution in [0.2, 0.25) is 0 Å². The molecule has 86 valence electrons. The monoisotopic (exact) mass is 210 g/mol. The second-order valence-electron chi connectivity index (χ2n) is 5.47. The molecule has 0 aromatic heterocycles. The Morgan fingerprint density at radius 2 is 2.07 bits per heavy atom. The highest BCUT2D eigenvalue weighted by molar-refractivity contribution is 5.74. The molecule has 2 N–H and O–H groups in total. The molecule has 3 heteroatoms. The van der Waals surface area contributed by atoms with Crippen LogP contribution >= 0.6 is 0 Å². The summed E-state index contributed by atoms with van der Waals surface area (Å²) >= 11 is 0. The highest BCUT2D eigenvalue weighted by Gasteiger charge is 2.45. The number of hydrogen-bond donors (Lipinski definition) is 2. The van der Waals surface area contributed by atoms with Crippen molar-refractivity contribution in [1.29, 1.82) is 0 Å². The second kappa shape index (κ2) is 4.03. The Kier molecular flexibility index (Phi) is 2.89. The number of nitrogens with one attached hydrogen (secondary N) is 2. The Labute approximate surface area is 92.0 Å². The lowest BCUT2D eigenvalue weighted by molar-refractivity contribution is 0.223. The molecule has 2 amide bonds. The van der Waals surface area contributed by atoms with Gasteiger partial charge in [0.2, 0.25) is 0 Å². The van der Waals surface area contributed by atoms with Gasteiger partial charge in [-0.2, -0.15) is 0 Å². The van der Waals surface area contributed by atoms with Crippen LogP contribution in [0.25, 0.3) is 0 Å². The number of amides is 2. The van der Waals surface area contributed by atoms with Gasteiger partial charge in [0.25, 0.3) is 0 Å². The molecule has 15 heavy (non-hydrogen) atoms. The van der Waals surface area contributed by atoms with Gasteiger partial charge in [-0.3, -0.25) is 0 Å². The summed E-state index contributed by atoms with van der Waals surface area (Å²) in [6.45, 7) is 5.35. The lowest BCUT2D eigenvalue weighted by atomic mass is 9.92. The van der Waals surface area contributed by atoms with E-state index in [4.69, 9.17) is 0 Å². The van der Waals surface area contributed by atoms with Crippen molar-refractivity contribution in [2.24, 2.45) is 11.3 Å². The minimum Gasteiger partial charge on any atom is -0.338 e. The lowest BCUT2D eigenvalue weighted by Crippen LogP contribution is -2.46. The van der Waals surface area contributed by atoms with E-state index < -0.39 is 0 Å². The summed E-state index contributed by atoms with van der Waals surface area (Å²) < 4.78 is 0. The first kappa shape index (κ1) is 10.8. The van der Waals surface area contributed by atoms with E-state index in [0.717, 1.165) is 19.4 Å². The van der Waals surface area contributed by atoms with Crippen molar-refractivity contribution in [3.8, 4) is 0 Å². The first-order chi connectivity index (χ1) is 7.12. The molecule has 2 saturated carbocycles. The van der Waals surface area contributed by atoms with Gasteiger partial charge in [-0.25, -0.2) is 4.79 Å². The molecule has 0 spiro atoms. The fraction of sp³-hybridized carbons (Fsp3) is 0.917. The summed E-state index contributed by atoms with van der Waals surface area (Å²) in [5.74, 6) is 0.682. The quantitative estimate of drug-likeness (QED) is 0.734. The third kappa shape index (κ3) is 2.44. The molecule has 0 aromatic rings. The van der Waals surface area contributed by atoms with Crippen molar-refractivity contribution >= 4 is 6.03 Å². The van der Waals surface area contributed by atoms with Crippen LogP contribution in [0.4, 0.5) is 4.79 Å². The molecule has 0 bridgehead atoms. The van der Waals surface area contributed by atoms with Crippen LogP contribution in [0.1, 0.15) is 46.0 Å². The van der Waals surface area contributed by atoms with Crippen molar-refractivity contribution in [3.63, 3.8) is 0 Å². The largest absolute Gasteiger partial charge is 0.338 e. The zero-order valence-electron chi connectivity index (χ0n) is 9.81. The predicted octanol–water partition coefficient (Wildman–Crippen LogP) is 2.27. The van der Waals surface area contributed by atoms with E-state index in [-0.39, 0.29) is 6.03 Å². The van der Waals surface area contributed by atoms with E-state index in [2.05, 4.69) is 24.5 Å². The van der Waals surface area contributed by atoms with Gasteiger partial charge in [-0.15, -0.1) is 0 Å². The zero-order chi connectivity index (χ0) is 10.9. The Morgan fingerprint density at radius 1 is 1.40 bits per heavy atom. The predicted molar refractivity (Wildman–Crippen MR) is 60.7 cm³/mol. The minimum absolute atomic E-state index is 0.0339. The Bertz CT molecular complexity index is 242. The van der Waals surface area contributed by atoms with Gasteiger partial charge < -0.3 is 10.6 Å². The smallest absolute Gasteiger partial charge is 0.315 e. The molecule has 0 aliphatic heterocycles. The molecule has 2 fully saturated rings. The molecule has 0 radical (unpaired) electrons. The fourth-order valence-electron chi connectivity index (χ4n) is 2.16. The molecule has 2 aliphatic rings. The average molecular weight is 210 g/mol. The first-order valence-corrected chi connectivity index (χ1v) is 6.17. The van der Waals surface area contributed by atoms with Crippen LogP contribution in [0.3, 0.4) is 0 Å². The van der Waals surface area contributed by atoms with E-state index in [1.54, 1.807) is 0 Å². The molecule has 3 nitrogen and oxygen atoms in total. The summed E-state index contributed by atoms with van der Waals surface area (Å²) in [5, 5.41) is 6.02. The molecule has 0 atom stereocenters. The molecular weight excluding hydrogens is 188 g/mol. The van der Waals surface area contributed by atoms with E-state index in [0.29, 0.717) is 17.4 Å². The van der Waals surface area contributed by atoms with Crippen LogP contribution in [-0.4, -0.2) is 18.6 Å². The number of carbonyl (C=O) groups is 1. The topological polar surface area (TPSA) is 41.1 Å². The van der Waals surface area contributed by atoms with Crippen LogP contribution in [0.15, 0.2) is 0 Å². The number of carbonyl (C=O) groups excluding carboxylic acids is 1. The Morgan fingerprint density at radius 3 is 2.47 bits per heavy atom.